The lowest BCUT2D eigenvalue weighted by Crippen LogP contribution is -2.50. The molecule has 0 amide bonds. The Morgan fingerprint density at radius 2 is 2.05 bits per heavy atom. The van der Waals surface area contributed by atoms with Crippen LogP contribution in [-0.2, 0) is 13.1 Å². The lowest BCUT2D eigenvalue weighted by atomic mass is 10.1. The molecule has 2 heterocycles. The minimum Gasteiger partial charge on any atom is -0.463 e. The van der Waals surface area contributed by atoms with Crippen molar-refractivity contribution in [1.82, 2.24) is 15.1 Å². The molecule has 0 radical (unpaired) electrons. The van der Waals surface area contributed by atoms with Crippen molar-refractivity contribution < 1.29 is 4.42 Å². The maximum absolute atomic E-state index is 5.95. The van der Waals surface area contributed by atoms with E-state index in [9.17, 15) is 0 Å². The SMILES string of the molecule is CCC1CN(Cc2ccc(CNCC(C)C)o2)CCN1C. The fraction of sp³-hybridized carbons (Fsp3) is 0.765. The van der Waals surface area contributed by atoms with Gasteiger partial charge in [-0.15, -0.1) is 0 Å². The fourth-order valence-corrected chi connectivity index (χ4v) is 2.90. The average molecular weight is 293 g/mol. The molecule has 0 aliphatic carbocycles. The summed E-state index contributed by atoms with van der Waals surface area (Å²) in [5.74, 6) is 2.82. The van der Waals surface area contributed by atoms with Crippen LogP contribution in [0.2, 0.25) is 0 Å². The van der Waals surface area contributed by atoms with Crippen LogP contribution in [0.1, 0.15) is 38.7 Å². The van der Waals surface area contributed by atoms with Gasteiger partial charge in [0.1, 0.15) is 11.5 Å². The van der Waals surface area contributed by atoms with Gasteiger partial charge in [0.05, 0.1) is 13.1 Å². The van der Waals surface area contributed by atoms with Crippen LogP contribution in [0, 0.1) is 5.92 Å². The van der Waals surface area contributed by atoms with Crippen molar-refractivity contribution in [1.29, 1.82) is 0 Å². The molecule has 1 aliphatic heterocycles. The quantitative estimate of drug-likeness (QED) is 0.837. The molecule has 1 atom stereocenters. The van der Waals surface area contributed by atoms with Crippen molar-refractivity contribution in [2.45, 2.75) is 46.3 Å². The second-order valence-corrected chi connectivity index (χ2v) is 6.67. The Labute approximate surface area is 129 Å². The minimum absolute atomic E-state index is 0.677. The first-order valence-electron chi connectivity index (χ1n) is 8.29. The third-order valence-corrected chi connectivity index (χ3v) is 4.28. The molecule has 4 nitrogen and oxygen atoms in total. The van der Waals surface area contributed by atoms with Gasteiger partial charge in [-0.25, -0.2) is 0 Å². The Hall–Kier alpha value is -0.840. The zero-order valence-corrected chi connectivity index (χ0v) is 14.1. The molecule has 1 aromatic heterocycles. The van der Waals surface area contributed by atoms with Gasteiger partial charge >= 0.3 is 0 Å². The average Bonchev–Trinajstić information content (AvgIpc) is 2.88. The van der Waals surface area contributed by atoms with E-state index in [0.29, 0.717) is 12.0 Å². The number of hydrogen-bond acceptors (Lipinski definition) is 4. The zero-order valence-electron chi connectivity index (χ0n) is 14.1. The van der Waals surface area contributed by atoms with Crippen molar-refractivity contribution in [3.05, 3.63) is 23.7 Å². The largest absolute Gasteiger partial charge is 0.463 e. The molecule has 0 saturated carbocycles. The lowest BCUT2D eigenvalue weighted by Gasteiger charge is -2.38. The first kappa shape index (κ1) is 16.5. The first-order valence-corrected chi connectivity index (χ1v) is 8.29. The van der Waals surface area contributed by atoms with Crippen LogP contribution in [-0.4, -0.2) is 49.1 Å². The second-order valence-electron chi connectivity index (χ2n) is 6.67. The van der Waals surface area contributed by atoms with Gasteiger partial charge in [-0.2, -0.15) is 0 Å². The predicted molar refractivity (Wildman–Crippen MR) is 87.2 cm³/mol. The van der Waals surface area contributed by atoms with Crippen molar-refractivity contribution in [3.8, 4) is 0 Å². The van der Waals surface area contributed by atoms with Crippen molar-refractivity contribution in [3.63, 3.8) is 0 Å². The number of rotatable bonds is 7. The number of nitrogens with one attached hydrogen (secondary N) is 1. The van der Waals surface area contributed by atoms with E-state index in [2.05, 4.69) is 55.1 Å². The third kappa shape index (κ3) is 5.13. The van der Waals surface area contributed by atoms with E-state index in [4.69, 9.17) is 4.42 Å². The Morgan fingerprint density at radius 1 is 1.29 bits per heavy atom. The van der Waals surface area contributed by atoms with Crippen molar-refractivity contribution in [2.75, 3.05) is 33.2 Å². The molecule has 0 bridgehead atoms. The van der Waals surface area contributed by atoms with E-state index in [1.54, 1.807) is 0 Å². The molecule has 1 saturated heterocycles. The van der Waals surface area contributed by atoms with E-state index < -0.39 is 0 Å². The van der Waals surface area contributed by atoms with Gasteiger partial charge in [0, 0.05) is 25.7 Å². The van der Waals surface area contributed by atoms with Crippen LogP contribution in [0.3, 0.4) is 0 Å². The van der Waals surface area contributed by atoms with E-state index in [-0.39, 0.29) is 0 Å². The van der Waals surface area contributed by atoms with Gasteiger partial charge in [-0.1, -0.05) is 20.8 Å². The molecule has 0 aromatic carbocycles. The van der Waals surface area contributed by atoms with Crippen LogP contribution < -0.4 is 5.32 Å². The van der Waals surface area contributed by atoms with Gasteiger partial charge in [-0.05, 0) is 38.1 Å². The monoisotopic (exact) mass is 293 g/mol. The van der Waals surface area contributed by atoms with Gasteiger partial charge in [-0.3, -0.25) is 4.90 Å². The number of nitrogens with zero attached hydrogens (tertiary/aromatic N) is 2. The number of likely N-dealkylation sites (N-methyl/N-ethyl adjacent to an activating group) is 1. The van der Waals surface area contributed by atoms with Crippen LogP contribution in [0.4, 0.5) is 0 Å². The number of furan rings is 1. The summed E-state index contributed by atoms with van der Waals surface area (Å²) in [6.07, 6.45) is 1.22. The number of piperazine rings is 1. The summed E-state index contributed by atoms with van der Waals surface area (Å²) >= 11 is 0. The fourth-order valence-electron chi connectivity index (χ4n) is 2.90. The van der Waals surface area contributed by atoms with E-state index in [1.165, 1.54) is 6.42 Å². The van der Waals surface area contributed by atoms with Crippen LogP contribution in [0.15, 0.2) is 16.5 Å². The molecule has 1 N–H and O–H groups in total. The van der Waals surface area contributed by atoms with Crippen LogP contribution >= 0.6 is 0 Å². The maximum atomic E-state index is 5.95. The molecule has 2 rings (SSSR count). The standard InChI is InChI=1S/C17H31N3O/c1-5-15-12-20(9-8-19(15)4)13-17-7-6-16(21-17)11-18-10-14(2)3/h6-7,14-15,18H,5,8-13H2,1-4H3. The van der Waals surface area contributed by atoms with Crippen molar-refractivity contribution >= 4 is 0 Å². The van der Waals surface area contributed by atoms with Gasteiger partial charge in [0.2, 0.25) is 0 Å². The summed E-state index contributed by atoms with van der Waals surface area (Å²) in [6, 6.07) is 4.92. The topological polar surface area (TPSA) is 31.6 Å². The molecule has 4 heteroatoms. The lowest BCUT2D eigenvalue weighted by molar-refractivity contribution is 0.0832. The Bertz CT molecular complexity index is 416. The highest BCUT2D eigenvalue weighted by Gasteiger charge is 2.23. The van der Waals surface area contributed by atoms with E-state index in [0.717, 1.165) is 50.8 Å². The molecular weight excluding hydrogens is 262 g/mol. The normalized spacial score (nSPS) is 21.3. The predicted octanol–water partition coefficient (Wildman–Crippen LogP) is 2.55. The second kappa shape index (κ2) is 7.97. The summed E-state index contributed by atoms with van der Waals surface area (Å²) < 4.78 is 5.95. The Balaban J connectivity index is 1.79. The van der Waals surface area contributed by atoms with Gasteiger partial charge in [0.25, 0.3) is 0 Å². The van der Waals surface area contributed by atoms with Gasteiger partial charge in [0.15, 0.2) is 0 Å². The molecule has 21 heavy (non-hydrogen) atoms. The smallest absolute Gasteiger partial charge is 0.118 e. The van der Waals surface area contributed by atoms with Crippen LogP contribution in [0.5, 0.6) is 0 Å². The minimum atomic E-state index is 0.677. The highest BCUT2D eigenvalue weighted by atomic mass is 16.3. The van der Waals surface area contributed by atoms with Crippen LogP contribution in [0.25, 0.3) is 0 Å². The highest BCUT2D eigenvalue weighted by molar-refractivity contribution is 5.07. The Kier molecular flexibility index (Phi) is 6.27. The summed E-state index contributed by atoms with van der Waals surface area (Å²) in [5.41, 5.74) is 0. The first-order chi connectivity index (χ1) is 10.1. The molecule has 120 valence electrons. The summed E-state index contributed by atoms with van der Waals surface area (Å²) in [6.45, 7) is 13.0. The third-order valence-electron chi connectivity index (χ3n) is 4.28. The summed E-state index contributed by atoms with van der Waals surface area (Å²) in [5, 5.41) is 3.43. The molecule has 1 aromatic rings. The summed E-state index contributed by atoms with van der Waals surface area (Å²) in [7, 11) is 2.23. The molecule has 1 aliphatic rings. The maximum Gasteiger partial charge on any atom is 0.118 e. The number of hydrogen-bond donors (Lipinski definition) is 1. The zero-order chi connectivity index (χ0) is 15.2. The highest BCUT2D eigenvalue weighted by Crippen LogP contribution is 2.15. The molecule has 1 fully saturated rings. The van der Waals surface area contributed by atoms with Gasteiger partial charge < -0.3 is 14.6 Å². The van der Waals surface area contributed by atoms with E-state index in [1.807, 2.05) is 0 Å². The Morgan fingerprint density at radius 3 is 2.76 bits per heavy atom. The molecule has 0 spiro atoms. The van der Waals surface area contributed by atoms with E-state index >= 15 is 0 Å². The van der Waals surface area contributed by atoms with Crippen molar-refractivity contribution in [2.24, 2.45) is 5.92 Å². The summed E-state index contributed by atoms with van der Waals surface area (Å²) in [4.78, 5) is 4.98. The molecule has 1 unspecified atom stereocenters. The molecular formula is C17H31N3O.